The predicted octanol–water partition coefficient (Wildman–Crippen LogP) is 3.40. The van der Waals surface area contributed by atoms with Crippen LogP contribution in [0.4, 0.5) is 5.69 Å². The van der Waals surface area contributed by atoms with E-state index < -0.39 is 0 Å². The molecular formula is C12H17BrN2OS. The normalized spacial score (nSPS) is 10.2. The molecule has 0 atom stereocenters. The van der Waals surface area contributed by atoms with Crippen molar-refractivity contribution in [3.63, 3.8) is 0 Å². The molecule has 3 nitrogen and oxygen atoms in total. The Kier molecular flexibility index (Phi) is 5.71. The quantitative estimate of drug-likeness (QED) is 0.834. The van der Waals surface area contributed by atoms with Crippen LogP contribution in [0.2, 0.25) is 0 Å². The molecule has 0 spiro atoms. The van der Waals surface area contributed by atoms with Gasteiger partial charge < -0.3 is 15.4 Å². The SMILES string of the molecule is COc1cc(Br)cc(NC(=S)NCC(C)C)c1. The van der Waals surface area contributed by atoms with Crippen molar-refractivity contribution in [3.8, 4) is 5.75 Å². The standard InChI is InChI=1S/C12H17BrN2OS/c1-8(2)7-14-12(17)15-10-4-9(13)5-11(6-10)16-3/h4-6,8H,7H2,1-3H3,(H2,14,15,17). The number of anilines is 1. The third-order valence-electron chi connectivity index (χ3n) is 2.04. The first-order valence-electron chi connectivity index (χ1n) is 5.40. The number of halogens is 1. The Morgan fingerprint density at radius 1 is 1.41 bits per heavy atom. The highest BCUT2D eigenvalue weighted by molar-refractivity contribution is 9.10. The van der Waals surface area contributed by atoms with E-state index >= 15 is 0 Å². The Balaban J connectivity index is 2.61. The number of benzene rings is 1. The summed E-state index contributed by atoms with van der Waals surface area (Å²) < 4.78 is 6.13. The lowest BCUT2D eigenvalue weighted by atomic mass is 10.2. The van der Waals surface area contributed by atoms with Gasteiger partial charge in [-0.05, 0) is 30.3 Å². The van der Waals surface area contributed by atoms with E-state index in [1.807, 2.05) is 18.2 Å². The number of thiocarbonyl (C=S) groups is 1. The molecule has 94 valence electrons. The first-order valence-corrected chi connectivity index (χ1v) is 6.61. The van der Waals surface area contributed by atoms with Crippen LogP contribution >= 0.6 is 28.1 Å². The Bertz CT molecular complexity index is 396. The zero-order valence-electron chi connectivity index (χ0n) is 10.2. The maximum Gasteiger partial charge on any atom is 0.170 e. The maximum absolute atomic E-state index is 5.20. The van der Waals surface area contributed by atoms with Crippen LogP contribution in [-0.4, -0.2) is 18.8 Å². The number of methoxy groups -OCH3 is 1. The number of nitrogens with one attached hydrogen (secondary N) is 2. The van der Waals surface area contributed by atoms with E-state index in [2.05, 4.69) is 40.4 Å². The van der Waals surface area contributed by atoms with Gasteiger partial charge in [0.1, 0.15) is 5.75 Å². The van der Waals surface area contributed by atoms with Gasteiger partial charge in [0.15, 0.2) is 5.11 Å². The molecule has 0 aromatic heterocycles. The molecule has 0 bridgehead atoms. The zero-order chi connectivity index (χ0) is 12.8. The van der Waals surface area contributed by atoms with Crippen LogP contribution in [0.15, 0.2) is 22.7 Å². The van der Waals surface area contributed by atoms with Gasteiger partial charge in [-0.3, -0.25) is 0 Å². The predicted molar refractivity (Wildman–Crippen MR) is 79.8 cm³/mol. The summed E-state index contributed by atoms with van der Waals surface area (Å²) in [5, 5.41) is 6.90. The van der Waals surface area contributed by atoms with Crippen LogP contribution in [-0.2, 0) is 0 Å². The van der Waals surface area contributed by atoms with Crippen molar-refractivity contribution in [1.82, 2.24) is 5.32 Å². The molecule has 0 aliphatic rings. The molecule has 0 saturated carbocycles. The van der Waals surface area contributed by atoms with Gasteiger partial charge in [-0.25, -0.2) is 0 Å². The van der Waals surface area contributed by atoms with E-state index in [4.69, 9.17) is 17.0 Å². The number of hydrogen-bond donors (Lipinski definition) is 2. The molecule has 2 N–H and O–H groups in total. The van der Waals surface area contributed by atoms with E-state index in [0.717, 1.165) is 22.5 Å². The first-order chi connectivity index (χ1) is 8.01. The van der Waals surface area contributed by atoms with Gasteiger partial charge in [-0.15, -0.1) is 0 Å². The van der Waals surface area contributed by atoms with Crippen LogP contribution < -0.4 is 15.4 Å². The second-order valence-electron chi connectivity index (χ2n) is 4.11. The molecule has 5 heteroatoms. The average molecular weight is 317 g/mol. The topological polar surface area (TPSA) is 33.3 Å². The van der Waals surface area contributed by atoms with Crippen molar-refractivity contribution in [3.05, 3.63) is 22.7 Å². The molecule has 0 aliphatic carbocycles. The number of hydrogen-bond acceptors (Lipinski definition) is 2. The molecule has 1 rings (SSSR count). The van der Waals surface area contributed by atoms with E-state index in [1.54, 1.807) is 7.11 Å². The van der Waals surface area contributed by atoms with Crippen molar-refractivity contribution in [2.45, 2.75) is 13.8 Å². The molecular weight excluding hydrogens is 300 g/mol. The van der Waals surface area contributed by atoms with Gasteiger partial charge in [0.25, 0.3) is 0 Å². The monoisotopic (exact) mass is 316 g/mol. The van der Waals surface area contributed by atoms with Crippen molar-refractivity contribution in [1.29, 1.82) is 0 Å². The summed E-state index contributed by atoms with van der Waals surface area (Å²) in [5.41, 5.74) is 0.900. The molecule has 0 unspecified atom stereocenters. The van der Waals surface area contributed by atoms with E-state index in [0.29, 0.717) is 11.0 Å². The van der Waals surface area contributed by atoms with E-state index in [-0.39, 0.29) is 0 Å². The maximum atomic E-state index is 5.20. The highest BCUT2D eigenvalue weighted by atomic mass is 79.9. The lowest BCUT2D eigenvalue weighted by Gasteiger charge is -2.13. The van der Waals surface area contributed by atoms with Gasteiger partial charge in [-0.1, -0.05) is 29.8 Å². The highest BCUT2D eigenvalue weighted by Crippen LogP contribution is 2.24. The first kappa shape index (κ1) is 14.3. The Morgan fingerprint density at radius 2 is 2.12 bits per heavy atom. The molecule has 0 aliphatic heterocycles. The fourth-order valence-electron chi connectivity index (χ4n) is 1.22. The summed E-state index contributed by atoms with van der Waals surface area (Å²) >= 11 is 8.62. The Hall–Kier alpha value is -0.810. The third kappa shape index (κ3) is 5.37. The van der Waals surface area contributed by atoms with Gasteiger partial charge in [0.05, 0.1) is 7.11 Å². The second kappa shape index (κ2) is 6.81. The van der Waals surface area contributed by atoms with Crippen molar-refractivity contribution >= 4 is 38.9 Å². The van der Waals surface area contributed by atoms with Crippen LogP contribution in [0.1, 0.15) is 13.8 Å². The minimum atomic E-state index is 0.562. The summed E-state index contributed by atoms with van der Waals surface area (Å²) in [5.74, 6) is 1.35. The zero-order valence-corrected chi connectivity index (χ0v) is 12.6. The molecule has 1 aromatic rings. The number of rotatable bonds is 4. The summed E-state index contributed by atoms with van der Waals surface area (Å²) in [6, 6.07) is 5.75. The van der Waals surface area contributed by atoms with Crippen molar-refractivity contribution in [2.75, 3.05) is 19.0 Å². The largest absolute Gasteiger partial charge is 0.497 e. The third-order valence-corrected chi connectivity index (χ3v) is 2.74. The molecule has 0 fully saturated rings. The van der Waals surface area contributed by atoms with Gasteiger partial charge in [0, 0.05) is 22.8 Å². The minimum absolute atomic E-state index is 0.562. The average Bonchev–Trinajstić information content (AvgIpc) is 2.25. The lowest BCUT2D eigenvalue weighted by Crippen LogP contribution is -2.31. The smallest absolute Gasteiger partial charge is 0.170 e. The van der Waals surface area contributed by atoms with Crippen LogP contribution in [0, 0.1) is 5.92 Å². The molecule has 0 radical (unpaired) electrons. The van der Waals surface area contributed by atoms with Crippen LogP contribution in [0.25, 0.3) is 0 Å². The van der Waals surface area contributed by atoms with Gasteiger partial charge in [0.2, 0.25) is 0 Å². The van der Waals surface area contributed by atoms with E-state index in [9.17, 15) is 0 Å². The highest BCUT2D eigenvalue weighted by Gasteiger charge is 2.02. The van der Waals surface area contributed by atoms with Crippen molar-refractivity contribution < 1.29 is 4.74 Å². The fourth-order valence-corrected chi connectivity index (χ4v) is 1.90. The Labute approximate surface area is 116 Å². The van der Waals surface area contributed by atoms with Gasteiger partial charge >= 0.3 is 0 Å². The van der Waals surface area contributed by atoms with Gasteiger partial charge in [-0.2, -0.15) is 0 Å². The summed E-state index contributed by atoms with van der Waals surface area (Å²) in [7, 11) is 1.64. The van der Waals surface area contributed by atoms with Crippen molar-refractivity contribution in [2.24, 2.45) is 5.92 Å². The summed E-state index contributed by atoms with van der Waals surface area (Å²) in [4.78, 5) is 0. The fraction of sp³-hybridized carbons (Fsp3) is 0.417. The van der Waals surface area contributed by atoms with E-state index in [1.165, 1.54) is 0 Å². The second-order valence-corrected chi connectivity index (χ2v) is 5.43. The molecule has 17 heavy (non-hydrogen) atoms. The summed E-state index contributed by atoms with van der Waals surface area (Å²) in [6.07, 6.45) is 0. The lowest BCUT2D eigenvalue weighted by molar-refractivity contribution is 0.415. The summed E-state index contributed by atoms with van der Waals surface area (Å²) in [6.45, 7) is 5.13. The molecule has 0 saturated heterocycles. The molecule has 0 heterocycles. The molecule has 0 amide bonds. The number of ether oxygens (including phenoxy) is 1. The Morgan fingerprint density at radius 3 is 2.71 bits per heavy atom. The molecule has 1 aromatic carbocycles. The van der Waals surface area contributed by atoms with Crippen LogP contribution in [0.3, 0.4) is 0 Å². The van der Waals surface area contributed by atoms with Crippen LogP contribution in [0.5, 0.6) is 5.75 Å². The minimum Gasteiger partial charge on any atom is -0.497 e.